The van der Waals surface area contributed by atoms with Gasteiger partial charge in [-0.1, -0.05) is 58.9 Å². The molecule has 0 unspecified atom stereocenters. The van der Waals surface area contributed by atoms with Gasteiger partial charge in [-0.05, 0) is 138 Å². The molecule has 4 N–H and O–H groups in total. The van der Waals surface area contributed by atoms with Crippen LogP contribution in [0.25, 0.3) is 0 Å². The Balaban J connectivity index is 1.28. The van der Waals surface area contributed by atoms with Crippen LogP contribution in [0.2, 0.25) is 0 Å². The van der Waals surface area contributed by atoms with Gasteiger partial charge in [0.25, 0.3) is 0 Å². The summed E-state index contributed by atoms with van der Waals surface area (Å²) >= 11 is 0. The van der Waals surface area contributed by atoms with Crippen LogP contribution in [0, 0.1) is 5.92 Å². The Morgan fingerprint density at radius 3 is 1.67 bits per heavy atom. The summed E-state index contributed by atoms with van der Waals surface area (Å²) < 4.78 is 12.5. The molecule has 1 aliphatic carbocycles. The number of nitrogen functional groups attached to an aromatic ring is 2. The summed E-state index contributed by atoms with van der Waals surface area (Å²) in [6.07, 6.45) is 6.64. The summed E-state index contributed by atoms with van der Waals surface area (Å²) in [6, 6.07) is 28.8. The van der Waals surface area contributed by atoms with Crippen LogP contribution in [0.4, 0.5) is 11.4 Å². The highest BCUT2D eigenvalue weighted by atomic mass is 16.5. The largest absolute Gasteiger partial charge is 0.457 e. The van der Waals surface area contributed by atoms with Crippen molar-refractivity contribution in [1.29, 1.82) is 0 Å². The maximum atomic E-state index is 6.24. The molecule has 0 bridgehead atoms. The zero-order chi connectivity index (χ0) is 29.9. The SMILES string of the molecule is CCc1cc(C2(C)CCC(C(C)(C)c3ccc(Oc4ccc(N)cc4)c(CC)c3)CC2)ccc1Oc1ccc(N)cc1. The van der Waals surface area contributed by atoms with E-state index in [1.165, 1.54) is 47.9 Å². The Morgan fingerprint density at radius 1 is 0.690 bits per heavy atom. The van der Waals surface area contributed by atoms with E-state index in [-0.39, 0.29) is 10.8 Å². The minimum absolute atomic E-state index is 0.0797. The Bertz CT molecular complexity index is 1500. The molecule has 0 aromatic heterocycles. The molecule has 1 fully saturated rings. The quantitative estimate of drug-likeness (QED) is 0.199. The van der Waals surface area contributed by atoms with Crippen molar-refractivity contribution in [2.24, 2.45) is 5.92 Å². The van der Waals surface area contributed by atoms with E-state index in [4.69, 9.17) is 20.9 Å². The van der Waals surface area contributed by atoms with Gasteiger partial charge >= 0.3 is 0 Å². The van der Waals surface area contributed by atoms with Crippen LogP contribution in [-0.2, 0) is 23.7 Å². The Hall–Kier alpha value is -3.92. The molecule has 1 aliphatic rings. The van der Waals surface area contributed by atoms with E-state index in [9.17, 15) is 0 Å². The van der Waals surface area contributed by atoms with E-state index in [0.29, 0.717) is 5.92 Å². The first kappa shape index (κ1) is 29.6. The summed E-state index contributed by atoms with van der Waals surface area (Å²) in [5.74, 6) is 4.11. The predicted molar refractivity (Wildman–Crippen MR) is 176 cm³/mol. The third-order valence-corrected chi connectivity index (χ3v) is 9.65. The number of rotatable bonds is 9. The number of ether oxygens (including phenoxy) is 2. The number of nitrogens with two attached hydrogens (primary N) is 2. The van der Waals surface area contributed by atoms with Crippen molar-refractivity contribution in [1.82, 2.24) is 0 Å². The van der Waals surface area contributed by atoms with Crippen molar-refractivity contribution in [3.05, 3.63) is 107 Å². The molecule has 1 saturated carbocycles. The lowest BCUT2D eigenvalue weighted by Crippen LogP contribution is -2.37. The van der Waals surface area contributed by atoms with Crippen molar-refractivity contribution in [2.75, 3.05) is 11.5 Å². The van der Waals surface area contributed by atoms with Crippen LogP contribution >= 0.6 is 0 Å². The van der Waals surface area contributed by atoms with Crippen LogP contribution in [0.5, 0.6) is 23.0 Å². The summed E-state index contributed by atoms with van der Waals surface area (Å²) in [5.41, 5.74) is 18.7. The van der Waals surface area contributed by atoms with Gasteiger partial charge in [0.05, 0.1) is 0 Å². The fourth-order valence-electron chi connectivity index (χ4n) is 6.51. The predicted octanol–water partition coefficient (Wildman–Crippen LogP) is 9.99. The zero-order valence-electron chi connectivity index (χ0n) is 25.9. The monoisotopic (exact) mass is 562 g/mol. The molecular formula is C38H46N2O2. The van der Waals surface area contributed by atoms with Gasteiger partial charge in [0.1, 0.15) is 23.0 Å². The molecule has 4 aromatic rings. The fraction of sp³-hybridized carbons (Fsp3) is 0.368. The van der Waals surface area contributed by atoms with E-state index < -0.39 is 0 Å². The highest BCUT2D eigenvalue weighted by Crippen LogP contribution is 2.49. The summed E-state index contributed by atoms with van der Waals surface area (Å²) in [6.45, 7) is 11.7. The topological polar surface area (TPSA) is 70.5 Å². The molecule has 0 aliphatic heterocycles. The smallest absolute Gasteiger partial charge is 0.130 e. The van der Waals surface area contributed by atoms with Crippen molar-refractivity contribution >= 4 is 11.4 Å². The second-order valence-corrected chi connectivity index (χ2v) is 12.8. The lowest BCUT2D eigenvalue weighted by molar-refractivity contribution is 0.178. The maximum Gasteiger partial charge on any atom is 0.130 e. The van der Waals surface area contributed by atoms with Gasteiger partial charge in [0.15, 0.2) is 0 Å². The highest BCUT2D eigenvalue weighted by molar-refractivity contribution is 5.48. The molecule has 0 amide bonds. The van der Waals surface area contributed by atoms with E-state index in [1.54, 1.807) is 0 Å². The molecule has 0 atom stereocenters. The lowest BCUT2D eigenvalue weighted by Gasteiger charge is -2.44. The highest BCUT2D eigenvalue weighted by Gasteiger charge is 2.39. The van der Waals surface area contributed by atoms with Gasteiger partial charge in [-0.3, -0.25) is 0 Å². The van der Waals surface area contributed by atoms with Crippen LogP contribution in [-0.4, -0.2) is 0 Å². The molecule has 4 aromatic carbocycles. The lowest BCUT2D eigenvalue weighted by atomic mass is 9.60. The standard InChI is InChI=1S/C38H46N2O2/c1-6-26-24-29(8-18-35(26)41-33-14-10-31(39)11-15-33)37(3,4)28-20-22-38(5,23-21-28)30-9-19-36(27(7-2)25-30)42-34-16-12-32(40)13-17-34/h8-19,24-25,28H,6-7,20-23,39-40H2,1-5H3. The van der Waals surface area contributed by atoms with Crippen LogP contribution in [0.15, 0.2) is 84.9 Å². The first-order valence-corrected chi connectivity index (χ1v) is 15.4. The van der Waals surface area contributed by atoms with Crippen molar-refractivity contribution in [3.63, 3.8) is 0 Å². The average molecular weight is 563 g/mol. The summed E-state index contributed by atoms with van der Waals surface area (Å²) in [5, 5.41) is 0. The van der Waals surface area contributed by atoms with E-state index in [1.807, 2.05) is 48.5 Å². The van der Waals surface area contributed by atoms with Gasteiger partial charge in [-0.15, -0.1) is 0 Å². The van der Waals surface area contributed by atoms with Crippen molar-refractivity contribution < 1.29 is 9.47 Å². The second-order valence-electron chi connectivity index (χ2n) is 12.8. The fourth-order valence-corrected chi connectivity index (χ4v) is 6.51. The minimum Gasteiger partial charge on any atom is -0.457 e. The molecule has 0 spiro atoms. The van der Waals surface area contributed by atoms with Crippen LogP contribution in [0.3, 0.4) is 0 Å². The maximum absolute atomic E-state index is 6.24. The number of aryl methyl sites for hydroxylation is 2. The molecule has 0 radical (unpaired) electrons. The van der Waals surface area contributed by atoms with Gasteiger partial charge in [-0.2, -0.15) is 0 Å². The molecular weight excluding hydrogens is 516 g/mol. The Labute approximate surface area is 252 Å². The van der Waals surface area contributed by atoms with Crippen molar-refractivity contribution in [3.8, 4) is 23.0 Å². The molecule has 5 rings (SSSR count). The van der Waals surface area contributed by atoms with E-state index >= 15 is 0 Å². The molecule has 0 saturated heterocycles. The number of anilines is 2. The molecule has 4 heteroatoms. The third-order valence-electron chi connectivity index (χ3n) is 9.65. The Morgan fingerprint density at radius 2 is 1.17 bits per heavy atom. The molecule has 220 valence electrons. The second kappa shape index (κ2) is 12.1. The van der Waals surface area contributed by atoms with Gasteiger partial charge in [0.2, 0.25) is 0 Å². The van der Waals surface area contributed by atoms with Crippen molar-refractivity contribution in [2.45, 2.75) is 84.0 Å². The molecule has 42 heavy (non-hydrogen) atoms. The Kier molecular flexibility index (Phi) is 8.54. The van der Waals surface area contributed by atoms with Crippen LogP contribution < -0.4 is 20.9 Å². The summed E-state index contributed by atoms with van der Waals surface area (Å²) in [7, 11) is 0. The average Bonchev–Trinajstić information content (AvgIpc) is 3.00. The van der Waals surface area contributed by atoms with Gasteiger partial charge in [-0.25, -0.2) is 0 Å². The first-order chi connectivity index (χ1) is 20.1. The number of hydrogen-bond donors (Lipinski definition) is 2. The van der Waals surface area contributed by atoms with E-state index in [2.05, 4.69) is 71.0 Å². The summed E-state index contributed by atoms with van der Waals surface area (Å²) in [4.78, 5) is 0. The normalized spacial score (nSPS) is 18.9. The van der Waals surface area contributed by atoms with Gasteiger partial charge < -0.3 is 20.9 Å². The molecule has 0 heterocycles. The van der Waals surface area contributed by atoms with Gasteiger partial charge in [0, 0.05) is 11.4 Å². The zero-order valence-corrected chi connectivity index (χ0v) is 25.9. The first-order valence-electron chi connectivity index (χ1n) is 15.4. The van der Waals surface area contributed by atoms with Crippen LogP contribution in [0.1, 0.15) is 82.6 Å². The third kappa shape index (κ3) is 6.28. The number of benzene rings is 4. The van der Waals surface area contributed by atoms with E-state index in [0.717, 1.165) is 47.2 Å². The minimum atomic E-state index is 0.0797. The number of hydrogen-bond acceptors (Lipinski definition) is 4. The molecule has 4 nitrogen and oxygen atoms in total.